The highest BCUT2D eigenvalue weighted by molar-refractivity contribution is 7.18. The lowest BCUT2D eigenvalue weighted by atomic mass is 10.3. The number of hydrogen-bond donors (Lipinski definition) is 1. The summed E-state index contributed by atoms with van der Waals surface area (Å²) in [6.45, 7) is 1.85. The zero-order valence-electron chi connectivity index (χ0n) is 9.92. The van der Waals surface area contributed by atoms with Gasteiger partial charge in [0.05, 0.1) is 20.9 Å². The predicted molar refractivity (Wildman–Crippen MR) is 73.6 cm³/mol. The van der Waals surface area contributed by atoms with E-state index in [1.807, 2.05) is 25.1 Å². The number of rotatable bonds is 2. The van der Waals surface area contributed by atoms with Crippen LogP contribution in [-0.4, -0.2) is 15.0 Å². The molecule has 0 aliphatic carbocycles. The van der Waals surface area contributed by atoms with Crippen LogP contribution in [0.3, 0.4) is 0 Å². The maximum absolute atomic E-state index is 5.72. The Kier molecular flexibility index (Phi) is 2.68. The van der Waals surface area contributed by atoms with E-state index in [0.29, 0.717) is 18.1 Å². The third-order valence-electron chi connectivity index (χ3n) is 2.58. The van der Waals surface area contributed by atoms with Crippen LogP contribution in [0.15, 0.2) is 30.3 Å². The van der Waals surface area contributed by atoms with Crippen molar-refractivity contribution >= 4 is 27.4 Å². The van der Waals surface area contributed by atoms with Gasteiger partial charge in [-0.2, -0.15) is 0 Å². The molecule has 0 spiro atoms. The average Bonchev–Trinajstić information content (AvgIpc) is 2.69. The lowest BCUT2D eigenvalue weighted by molar-refractivity contribution is 0.969. The molecule has 0 bridgehead atoms. The Labute approximate surface area is 109 Å². The molecule has 0 amide bonds. The van der Waals surface area contributed by atoms with Gasteiger partial charge >= 0.3 is 0 Å². The molecule has 0 aliphatic rings. The van der Waals surface area contributed by atoms with E-state index in [4.69, 9.17) is 5.73 Å². The minimum Gasteiger partial charge on any atom is -0.384 e. The first kappa shape index (κ1) is 11.1. The quantitative estimate of drug-likeness (QED) is 0.765. The summed E-state index contributed by atoms with van der Waals surface area (Å²) >= 11 is 1.69. The lowest BCUT2D eigenvalue weighted by Crippen LogP contribution is -2.00. The molecule has 0 fully saturated rings. The first-order chi connectivity index (χ1) is 8.70. The van der Waals surface area contributed by atoms with Crippen molar-refractivity contribution in [3.05, 3.63) is 46.9 Å². The van der Waals surface area contributed by atoms with E-state index in [2.05, 4.69) is 21.0 Å². The molecule has 3 aromatic rings. The molecule has 90 valence electrons. The second-order valence-corrected chi connectivity index (χ2v) is 5.20. The second kappa shape index (κ2) is 4.34. The molecule has 0 unspecified atom stereocenters. The number of aryl methyl sites for hydroxylation is 1. The number of nitrogen functional groups attached to an aromatic ring is 1. The molecule has 18 heavy (non-hydrogen) atoms. The third kappa shape index (κ3) is 2.17. The monoisotopic (exact) mass is 256 g/mol. The maximum Gasteiger partial charge on any atom is 0.127 e. The Morgan fingerprint density at radius 3 is 2.78 bits per heavy atom. The zero-order valence-corrected chi connectivity index (χ0v) is 10.7. The highest BCUT2D eigenvalue weighted by Crippen LogP contribution is 2.23. The molecular formula is C13H12N4S. The molecule has 5 heteroatoms. The molecule has 0 saturated heterocycles. The van der Waals surface area contributed by atoms with E-state index < -0.39 is 0 Å². The molecule has 4 nitrogen and oxygen atoms in total. The summed E-state index contributed by atoms with van der Waals surface area (Å²) in [6.07, 6.45) is 0.701. The van der Waals surface area contributed by atoms with E-state index in [-0.39, 0.29) is 0 Å². The number of para-hydroxylation sites is 1. The maximum atomic E-state index is 5.72. The van der Waals surface area contributed by atoms with Crippen LogP contribution in [0.4, 0.5) is 5.82 Å². The van der Waals surface area contributed by atoms with Crippen molar-refractivity contribution in [2.45, 2.75) is 13.3 Å². The summed E-state index contributed by atoms with van der Waals surface area (Å²) in [4.78, 5) is 13.0. The van der Waals surface area contributed by atoms with Crippen molar-refractivity contribution < 1.29 is 0 Å². The highest BCUT2D eigenvalue weighted by Gasteiger charge is 2.06. The van der Waals surface area contributed by atoms with Gasteiger partial charge in [-0.1, -0.05) is 12.1 Å². The Balaban J connectivity index is 1.96. The Bertz CT molecular complexity index is 652. The molecular weight excluding hydrogens is 244 g/mol. The van der Waals surface area contributed by atoms with Gasteiger partial charge in [-0.05, 0) is 19.1 Å². The summed E-state index contributed by atoms with van der Waals surface area (Å²) in [5.41, 5.74) is 7.67. The molecule has 0 atom stereocenters. The summed E-state index contributed by atoms with van der Waals surface area (Å²) in [5.74, 6) is 1.21. The van der Waals surface area contributed by atoms with Gasteiger partial charge in [0.15, 0.2) is 0 Å². The van der Waals surface area contributed by atoms with E-state index in [0.717, 1.165) is 16.2 Å². The van der Waals surface area contributed by atoms with Crippen LogP contribution in [0, 0.1) is 6.92 Å². The molecule has 0 saturated carbocycles. The van der Waals surface area contributed by atoms with Crippen molar-refractivity contribution in [1.29, 1.82) is 0 Å². The van der Waals surface area contributed by atoms with Crippen LogP contribution in [0.1, 0.15) is 16.5 Å². The SMILES string of the molecule is Cc1nc(N)cc(Cc2nc3ccccc3s2)n1. The fourth-order valence-corrected chi connectivity index (χ4v) is 2.88. The number of benzene rings is 1. The Morgan fingerprint density at radius 1 is 1.17 bits per heavy atom. The Morgan fingerprint density at radius 2 is 2.00 bits per heavy atom. The van der Waals surface area contributed by atoms with Gasteiger partial charge in [-0.25, -0.2) is 15.0 Å². The first-order valence-electron chi connectivity index (χ1n) is 5.65. The van der Waals surface area contributed by atoms with Gasteiger partial charge in [0.25, 0.3) is 0 Å². The van der Waals surface area contributed by atoms with E-state index in [1.165, 1.54) is 4.70 Å². The van der Waals surface area contributed by atoms with E-state index >= 15 is 0 Å². The van der Waals surface area contributed by atoms with E-state index in [1.54, 1.807) is 17.4 Å². The van der Waals surface area contributed by atoms with Crippen molar-refractivity contribution in [2.75, 3.05) is 5.73 Å². The molecule has 1 aromatic carbocycles. The molecule has 2 heterocycles. The van der Waals surface area contributed by atoms with Crippen molar-refractivity contribution in [3.8, 4) is 0 Å². The topological polar surface area (TPSA) is 64.7 Å². The van der Waals surface area contributed by atoms with Crippen LogP contribution >= 0.6 is 11.3 Å². The highest BCUT2D eigenvalue weighted by atomic mass is 32.1. The van der Waals surface area contributed by atoms with Gasteiger partial charge in [0.2, 0.25) is 0 Å². The minimum atomic E-state index is 0.513. The molecule has 2 N–H and O–H groups in total. The van der Waals surface area contributed by atoms with Crippen molar-refractivity contribution in [2.24, 2.45) is 0 Å². The predicted octanol–water partition coefficient (Wildman–Crippen LogP) is 2.57. The number of anilines is 1. The fraction of sp³-hybridized carbons (Fsp3) is 0.154. The van der Waals surface area contributed by atoms with Crippen LogP contribution in [0.25, 0.3) is 10.2 Å². The first-order valence-corrected chi connectivity index (χ1v) is 6.47. The standard InChI is InChI=1S/C13H12N4S/c1-8-15-9(6-12(14)16-8)7-13-17-10-4-2-3-5-11(10)18-13/h2-6H,7H2,1H3,(H2,14,15,16). The second-order valence-electron chi connectivity index (χ2n) is 4.08. The van der Waals surface area contributed by atoms with Crippen LogP contribution in [0.2, 0.25) is 0 Å². The number of nitrogens with zero attached hydrogens (tertiary/aromatic N) is 3. The molecule has 2 aromatic heterocycles. The Hall–Kier alpha value is -2.01. The van der Waals surface area contributed by atoms with Gasteiger partial charge in [0.1, 0.15) is 11.6 Å². The van der Waals surface area contributed by atoms with Gasteiger partial charge in [-0.3, -0.25) is 0 Å². The van der Waals surface area contributed by atoms with Gasteiger partial charge in [0, 0.05) is 12.5 Å². The molecule has 0 radical (unpaired) electrons. The van der Waals surface area contributed by atoms with E-state index in [9.17, 15) is 0 Å². The number of fused-ring (bicyclic) bond motifs is 1. The fourth-order valence-electron chi connectivity index (χ4n) is 1.90. The summed E-state index contributed by atoms with van der Waals surface area (Å²) in [6, 6.07) is 9.93. The summed E-state index contributed by atoms with van der Waals surface area (Å²) in [7, 11) is 0. The smallest absolute Gasteiger partial charge is 0.127 e. The largest absolute Gasteiger partial charge is 0.384 e. The number of thiazole rings is 1. The van der Waals surface area contributed by atoms with Crippen LogP contribution in [-0.2, 0) is 6.42 Å². The average molecular weight is 256 g/mol. The number of aromatic nitrogens is 3. The molecule has 3 rings (SSSR count). The van der Waals surface area contributed by atoms with Gasteiger partial charge < -0.3 is 5.73 Å². The summed E-state index contributed by atoms with van der Waals surface area (Å²) in [5, 5.41) is 1.05. The van der Waals surface area contributed by atoms with Crippen LogP contribution < -0.4 is 5.73 Å². The van der Waals surface area contributed by atoms with Crippen molar-refractivity contribution in [3.63, 3.8) is 0 Å². The van der Waals surface area contributed by atoms with Crippen LogP contribution in [0.5, 0.6) is 0 Å². The molecule has 0 aliphatic heterocycles. The lowest BCUT2D eigenvalue weighted by Gasteiger charge is -2.00. The summed E-state index contributed by atoms with van der Waals surface area (Å²) < 4.78 is 1.20. The third-order valence-corrected chi connectivity index (χ3v) is 3.62. The number of hydrogen-bond acceptors (Lipinski definition) is 5. The normalized spacial score (nSPS) is 10.9. The minimum absolute atomic E-state index is 0.513. The van der Waals surface area contributed by atoms with Crippen molar-refractivity contribution in [1.82, 2.24) is 15.0 Å². The zero-order chi connectivity index (χ0) is 12.5. The number of nitrogens with two attached hydrogens (primary N) is 1. The van der Waals surface area contributed by atoms with Gasteiger partial charge in [-0.15, -0.1) is 11.3 Å².